The number of rotatable bonds is 4. The van der Waals surface area contributed by atoms with Crippen LogP contribution in [0.3, 0.4) is 0 Å². The Kier molecular flexibility index (Phi) is 5.97. The molecule has 7 heteroatoms. The van der Waals surface area contributed by atoms with Crippen LogP contribution in [0.2, 0.25) is 0 Å². The van der Waals surface area contributed by atoms with Crippen molar-refractivity contribution in [3.05, 3.63) is 48.3 Å². The van der Waals surface area contributed by atoms with E-state index >= 15 is 0 Å². The van der Waals surface area contributed by atoms with Gasteiger partial charge in [-0.25, -0.2) is 4.98 Å². The van der Waals surface area contributed by atoms with Gasteiger partial charge in [-0.15, -0.1) is 0 Å². The van der Waals surface area contributed by atoms with Crippen LogP contribution in [-0.4, -0.2) is 87.1 Å². The van der Waals surface area contributed by atoms with Crippen LogP contribution in [0.15, 0.2) is 42.6 Å². The smallest absolute Gasteiger partial charge is 0.274 e. The number of pyridine rings is 1. The largest absolute Gasteiger partial charge is 0.369 e. The number of carbonyl (C=O) groups is 1. The molecule has 0 aliphatic carbocycles. The number of piperazine rings is 2. The van der Waals surface area contributed by atoms with E-state index in [1.165, 1.54) is 5.69 Å². The zero-order chi connectivity index (χ0) is 20.2. The second-order valence-electron chi connectivity index (χ2n) is 7.98. The molecule has 29 heavy (non-hydrogen) atoms. The number of carbonyl (C=O) groups excluding carboxylic acids is 1. The van der Waals surface area contributed by atoms with Crippen LogP contribution in [0.25, 0.3) is 0 Å². The van der Waals surface area contributed by atoms with Gasteiger partial charge >= 0.3 is 0 Å². The summed E-state index contributed by atoms with van der Waals surface area (Å²) in [6.07, 6.45) is 1.80. The number of amides is 1. The van der Waals surface area contributed by atoms with Gasteiger partial charge in [0.05, 0.1) is 11.9 Å². The average molecular weight is 395 g/mol. The van der Waals surface area contributed by atoms with Gasteiger partial charge in [-0.1, -0.05) is 0 Å². The van der Waals surface area contributed by atoms with Gasteiger partial charge in [-0.3, -0.25) is 4.79 Å². The van der Waals surface area contributed by atoms with Crippen LogP contribution in [-0.2, 0) is 0 Å². The minimum absolute atomic E-state index is 0.178. The molecule has 1 amide bonds. The van der Waals surface area contributed by atoms with Crippen molar-refractivity contribution in [2.75, 3.05) is 81.6 Å². The molecule has 1 aromatic heterocycles. The number of benzene rings is 1. The van der Waals surface area contributed by atoms with Crippen LogP contribution in [0, 0.1) is 0 Å². The number of likely N-dealkylation sites (N-methyl/N-ethyl adjacent to an activating group) is 2. The van der Waals surface area contributed by atoms with Crippen LogP contribution >= 0.6 is 0 Å². The molecular weight excluding hydrogens is 364 g/mol. The third-order valence-electron chi connectivity index (χ3n) is 5.84. The normalized spacial score (nSPS) is 18.7. The number of anilines is 3. The Morgan fingerprint density at radius 3 is 1.79 bits per heavy atom. The number of hydrogen-bond acceptors (Lipinski definition) is 6. The summed E-state index contributed by atoms with van der Waals surface area (Å²) in [4.78, 5) is 26.3. The molecule has 2 fully saturated rings. The molecule has 0 radical (unpaired) electrons. The first-order valence-electron chi connectivity index (χ1n) is 10.3. The summed E-state index contributed by atoms with van der Waals surface area (Å²) >= 11 is 0. The molecule has 0 saturated carbocycles. The molecule has 2 aliphatic rings. The standard InChI is InChI=1S/C22H30N6O/c1-25-9-13-27(14-10-25)19-5-3-18(4-6-19)24-22(29)21-8-7-20(17-23-21)28-15-11-26(2)12-16-28/h3-8,17H,9-16H2,1-2H3,(H,24,29). The zero-order valence-electron chi connectivity index (χ0n) is 17.3. The number of aromatic nitrogens is 1. The van der Waals surface area contributed by atoms with E-state index in [0.717, 1.165) is 63.7 Å². The SMILES string of the molecule is CN1CCN(c2ccc(NC(=O)c3ccc(N4CCN(C)CC4)cn3)cc2)CC1. The first kappa shape index (κ1) is 19.7. The highest BCUT2D eigenvalue weighted by molar-refractivity contribution is 6.03. The Bertz CT molecular complexity index is 806. The monoisotopic (exact) mass is 394 g/mol. The van der Waals surface area contributed by atoms with E-state index in [-0.39, 0.29) is 5.91 Å². The van der Waals surface area contributed by atoms with Crippen LogP contribution in [0.1, 0.15) is 10.5 Å². The van der Waals surface area contributed by atoms with Crippen LogP contribution < -0.4 is 15.1 Å². The maximum Gasteiger partial charge on any atom is 0.274 e. The van der Waals surface area contributed by atoms with Crippen molar-refractivity contribution in [1.82, 2.24) is 14.8 Å². The highest BCUT2D eigenvalue weighted by Gasteiger charge is 2.16. The lowest BCUT2D eigenvalue weighted by molar-refractivity contribution is 0.102. The highest BCUT2D eigenvalue weighted by Crippen LogP contribution is 2.20. The molecule has 3 heterocycles. The summed E-state index contributed by atoms with van der Waals surface area (Å²) in [7, 11) is 4.29. The maximum atomic E-state index is 12.6. The quantitative estimate of drug-likeness (QED) is 0.854. The van der Waals surface area contributed by atoms with Gasteiger partial charge in [-0.2, -0.15) is 0 Å². The Morgan fingerprint density at radius 1 is 0.759 bits per heavy atom. The van der Waals surface area contributed by atoms with Gasteiger partial charge in [0, 0.05) is 63.7 Å². The molecule has 1 aromatic carbocycles. The lowest BCUT2D eigenvalue weighted by Gasteiger charge is -2.34. The molecule has 2 aromatic rings. The average Bonchev–Trinajstić information content (AvgIpc) is 2.76. The van der Waals surface area contributed by atoms with Crippen molar-refractivity contribution in [3.63, 3.8) is 0 Å². The molecule has 1 N–H and O–H groups in total. The Balaban J connectivity index is 1.34. The van der Waals surface area contributed by atoms with Crippen molar-refractivity contribution >= 4 is 23.0 Å². The summed E-state index contributed by atoms with van der Waals surface area (Å²) in [6.45, 7) is 8.30. The molecule has 154 valence electrons. The van der Waals surface area contributed by atoms with Crippen molar-refractivity contribution in [2.24, 2.45) is 0 Å². The summed E-state index contributed by atoms with van der Waals surface area (Å²) in [5.74, 6) is -0.178. The summed E-state index contributed by atoms with van der Waals surface area (Å²) < 4.78 is 0. The van der Waals surface area contributed by atoms with Gasteiger partial charge in [0.2, 0.25) is 0 Å². The Hall–Kier alpha value is -2.64. The molecule has 4 rings (SSSR count). The summed E-state index contributed by atoms with van der Waals surface area (Å²) in [5.41, 5.74) is 3.50. The maximum absolute atomic E-state index is 12.6. The fourth-order valence-corrected chi connectivity index (χ4v) is 3.79. The van der Waals surface area contributed by atoms with Gasteiger partial charge < -0.3 is 24.9 Å². The second-order valence-corrected chi connectivity index (χ2v) is 7.98. The third kappa shape index (κ3) is 4.86. The predicted molar refractivity (Wildman–Crippen MR) is 118 cm³/mol. The van der Waals surface area contributed by atoms with E-state index in [1.54, 1.807) is 6.20 Å². The van der Waals surface area contributed by atoms with E-state index in [0.29, 0.717) is 5.69 Å². The van der Waals surface area contributed by atoms with E-state index in [4.69, 9.17) is 0 Å². The van der Waals surface area contributed by atoms with Crippen LogP contribution in [0.4, 0.5) is 17.1 Å². The number of hydrogen-bond donors (Lipinski definition) is 1. The van der Waals surface area contributed by atoms with Crippen molar-refractivity contribution in [3.8, 4) is 0 Å². The molecule has 2 aliphatic heterocycles. The summed E-state index contributed by atoms with van der Waals surface area (Å²) in [6, 6.07) is 11.9. The third-order valence-corrected chi connectivity index (χ3v) is 5.84. The first-order chi connectivity index (χ1) is 14.1. The van der Waals surface area contributed by atoms with Crippen molar-refractivity contribution in [1.29, 1.82) is 0 Å². The second kappa shape index (κ2) is 8.80. The van der Waals surface area contributed by atoms with Gasteiger partial charge in [0.15, 0.2) is 0 Å². The summed E-state index contributed by atoms with van der Waals surface area (Å²) in [5, 5.41) is 2.95. The fraction of sp³-hybridized carbons (Fsp3) is 0.455. The molecular formula is C22H30N6O. The van der Waals surface area contributed by atoms with E-state index in [9.17, 15) is 4.79 Å². The molecule has 0 atom stereocenters. The topological polar surface area (TPSA) is 55.0 Å². The van der Waals surface area contributed by atoms with Gasteiger partial charge in [-0.05, 0) is 50.5 Å². The number of nitrogens with one attached hydrogen (secondary N) is 1. The minimum atomic E-state index is -0.178. The lowest BCUT2D eigenvalue weighted by atomic mass is 10.2. The molecule has 2 saturated heterocycles. The molecule has 0 spiro atoms. The molecule has 0 unspecified atom stereocenters. The van der Waals surface area contributed by atoms with Gasteiger partial charge in [0.1, 0.15) is 5.69 Å². The van der Waals surface area contributed by atoms with E-state index in [1.807, 2.05) is 24.3 Å². The molecule has 7 nitrogen and oxygen atoms in total. The Labute approximate surface area is 172 Å². The lowest BCUT2D eigenvalue weighted by Crippen LogP contribution is -2.44. The van der Waals surface area contributed by atoms with E-state index < -0.39 is 0 Å². The Morgan fingerprint density at radius 2 is 1.28 bits per heavy atom. The number of nitrogens with zero attached hydrogens (tertiary/aromatic N) is 5. The van der Waals surface area contributed by atoms with E-state index in [2.05, 4.69) is 56.1 Å². The van der Waals surface area contributed by atoms with Crippen LogP contribution in [0.5, 0.6) is 0 Å². The van der Waals surface area contributed by atoms with Crippen molar-refractivity contribution in [2.45, 2.75) is 0 Å². The zero-order valence-corrected chi connectivity index (χ0v) is 17.3. The fourth-order valence-electron chi connectivity index (χ4n) is 3.79. The highest BCUT2D eigenvalue weighted by atomic mass is 16.1. The predicted octanol–water partition coefficient (Wildman–Crippen LogP) is 1.84. The van der Waals surface area contributed by atoms with Gasteiger partial charge in [0.25, 0.3) is 5.91 Å². The first-order valence-corrected chi connectivity index (χ1v) is 10.3. The minimum Gasteiger partial charge on any atom is -0.369 e. The van der Waals surface area contributed by atoms with Crippen molar-refractivity contribution < 1.29 is 4.79 Å². The molecule has 0 bridgehead atoms.